The molecule has 0 aliphatic heterocycles. The molecule has 0 radical (unpaired) electrons. The first-order valence-corrected chi connectivity index (χ1v) is 8.24. The van der Waals surface area contributed by atoms with Gasteiger partial charge in [0.15, 0.2) is 10.6 Å². The van der Waals surface area contributed by atoms with Gasteiger partial charge in [0.1, 0.15) is 5.75 Å². The second-order valence-electron chi connectivity index (χ2n) is 6.69. The summed E-state index contributed by atoms with van der Waals surface area (Å²) in [6, 6.07) is 16.2. The van der Waals surface area contributed by atoms with Gasteiger partial charge in [-0.05, 0) is 35.3 Å². The van der Waals surface area contributed by atoms with Crippen LogP contribution in [0.4, 0.5) is 0 Å². The lowest BCUT2D eigenvalue weighted by atomic mass is 9.87. The van der Waals surface area contributed by atoms with E-state index in [1.807, 2.05) is 28.8 Å². The molecule has 0 aliphatic rings. The van der Waals surface area contributed by atoms with Crippen LogP contribution in [0.3, 0.4) is 0 Å². The number of nitrogens with one attached hydrogen (secondary N) is 1. The molecular weight excluding hydrogens is 318 g/mol. The number of benzene rings is 2. The minimum Gasteiger partial charge on any atom is -0.495 e. The average molecular weight is 339 g/mol. The summed E-state index contributed by atoms with van der Waals surface area (Å²) in [6.45, 7) is 6.60. The van der Waals surface area contributed by atoms with Crippen molar-refractivity contribution in [1.29, 1.82) is 0 Å². The molecule has 24 heavy (non-hydrogen) atoms. The smallest absolute Gasteiger partial charge is 0.200 e. The van der Waals surface area contributed by atoms with Gasteiger partial charge in [-0.2, -0.15) is 5.10 Å². The fraction of sp³-hybridized carbons (Fsp3) is 0.263. The number of aromatic amines is 1. The number of aromatic nitrogens is 3. The van der Waals surface area contributed by atoms with Crippen molar-refractivity contribution >= 4 is 12.2 Å². The molecule has 0 saturated heterocycles. The highest BCUT2D eigenvalue weighted by molar-refractivity contribution is 7.71. The molecular formula is C19H21N3OS. The van der Waals surface area contributed by atoms with E-state index >= 15 is 0 Å². The van der Waals surface area contributed by atoms with Gasteiger partial charge in [0.2, 0.25) is 0 Å². The Kier molecular flexibility index (Phi) is 4.28. The Balaban J connectivity index is 2.13. The number of ether oxygens (including phenoxy) is 1. The van der Waals surface area contributed by atoms with Crippen molar-refractivity contribution in [3.63, 3.8) is 0 Å². The van der Waals surface area contributed by atoms with Crippen LogP contribution in [0.2, 0.25) is 0 Å². The number of hydrogen-bond acceptors (Lipinski definition) is 3. The van der Waals surface area contributed by atoms with Gasteiger partial charge < -0.3 is 4.74 Å². The first-order valence-electron chi connectivity index (χ1n) is 7.83. The molecule has 0 fully saturated rings. The Labute approximate surface area is 147 Å². The number of para-hydroxylation sites is 2. The van der Waals surface area contributed by atoms with E-state index in [4.69, 9.17) is 17.0 Å². The first-order chi connectivity index (χ1) is 11.4. The minimum absolute atomic E-state index is 0.117. The molecule has 3 aromatic rings. The molecule has 124 valence electrons. The van der Waals surface area contributed by atoms with Gasteiger partial charge in [0.25, 0.3) is 0 Å². The Morgan fingerprint density at radius 2 is 1.71 bits per heavy atom. The predicted octanol–water partition coefficient (Wildman–Crippen LogP) is 4.90. The summed E-state index contributed by atoms with van der Waals surface area (Å²) in [5.74, 6) is 1.52. The molecule has 0 amide bonds. The van der Waals surface area contributed by atoms with Gasteiger partial charge in [-0.15, -0.1) is 0 Å². The highest BCUT2D eigenvalue weighted by Gasteiger charge is 2.16. The maximum Gasteiger partial charge on any atom is 0.200 e. The van der Waals surface area contributed by atoms with E-state index in [1.165, 1.54) is 5.56 Å². The monoisotopic (exact) mass is 339 g/mol. The first kappa shape index (κ1) is 16.5. The maximum absolute atomic E-state index is 5.47. The third-order valence-corrected chi connectivity index (χ3v) is 4.28. The molecule has 0 saturated carbocycles. The van der Waals surface area contributed by atoms with Crippen LogP contribution in [0, 0.1) is 4.77 Å². The highest BCUT2D eigenvalue weighted by Crippen LogP contribution is 2.29. The zero-order valence-corrected chi connectivity index (χ0v) is 15.1. The molecule has 0 spiro atoms. The van der Waals surface area contributed by atoms with Crippen molar-refractivity contribution < 1.29 is 4.74 Å². The molecule has 1 N–H and O–H groups in total. The van der Waals surface area contributed by atoms with E-state index in [0.717, 1.165) is 22.8 Å². The van der Waals surface area contributed by atoms with Crippen molar-refractivity contribution in [1.82, 2.24) is 14.8 Å². The number of H-pyrrole nitrogens is 1. The van der Waals surface area contributed by atoms with Crippen molar-refractivity contribution in [3.8, 4) is 22.8 Å². The quantitative estimate of drug-likeness (QED) is 0.690. The van der Waals surface area contributed by atoms with Crippen LogP contribution in [0.25, 0.3) is 17.1 Å². The molecule has 3 rings (SSSR count). The van der Waals surface area contributed by atoms with Crippen molar-refractivity contribution in [2.45, 2.75) is 26.2 Å². The van der Waals surface area contributed by atoms with Crippen LogP contribution in [0.1, 0.15) is 26.3 Å². The van der Waals surface area contributed by atoms with Crippen LogP contribution in [0.5, 0.6) is 5.75 Å². The van der Waals surface area contributed by atoms with Crippen LogP contribution in [-0.2, 0) is 5.41 Å². The van der Waals surface area contributed by atoms with E-state index in [2.05, 4.69) is 55.2 Å². The highest BCUT2D eigenvalue weighted by atomic mass is 32.1. The Morgan fingerprint density at radius 1 is 1.04 bits per heavy atom. The molecule has 4 nitrogen and oxygen atoms in total. The summed E-state index contributed by atoms with van der Waals surface area (Å²) in [4.78, 5) is 0. The zero-order valence-electron chi connectivity index (χ0n) is 14.3. The van der Waals surface area contributed by atoms with Gasteiger partial charge in [0, 0.05) is 5.56 Å². The molecule has 0 atom stereocenters. The minimum atomic E-state index is 0.117. The summed E-state index contributed by atoms with van der Waals surface area (Å²) >= 11 is 5.44. The van der Waals surface area contributed by atoms with Crippen LogP contribution >= 0.6 is 12.2 Å². The van der Waals surface area contributed by atoms with Crippen molar-refractivity contribution in [3.05, 3.63) is 58.9 Å². The molecule has 1 aromatic heterocycles. The van der Waals surface area contributed by atoms with Crippen LogP contribution in [0.15, 0.2) is 48.5 Å². The third-order valence-electron chi connectivity index (χ3n) is 4.01. The zero-order chi connectivity index (χ0) is 17.3. The Hall–Kier alpha value is -2.40. The van der Waals surface area contributed by atoms with Gasteiger partial charge in [-0.3, -0.25) is 9.67 Å². The normalized spacial score (nSPS) is 11.5. The number of methoxy groups -OCH3 is 1. The van der Waals surface area contributed by atoms with Crippen LogP contribution < -0.4 is 4.74 Å². The lowest BCUT2D eigenvalue weighted by molar-refractivity contribution is 0.413. The number of rotatable bonds is 3. The molecule has 2 aromatic carbocycles. The standard InChI is InChI=1S/C19H21N3OS/c1-19(2,3)14-11-9-13(10-12-14)17-20-21-18(24)22(17)15-7-5-6-8-16(15)23-4/h5-12H,1-4H3,(H,21,24). The predicted molar refractivity (Wildman–Crippen MR) is 99.4 cm³/mol. The van der Waals surface area contributed by atoms with Crippen molar-refractivity contribution in [2.24, 2.45) is 0 Å². The van der Waals surface area contributed by atoms with Gasteiger partial charge in [0.05, 0.1) is 12.8 Å². The molecule has 1 heterocycles. The second kappa shape index (κ2) is 6.24. The van der Waals surface area contributed by atoms with Gasteiger partial charge in [-0.25, -0.2) is 0 Å². The van der Waals surface area contributed by atoms with E-state index in [9.17, 15) is 0 Å². The summed E-state index contributed by atoms with van der Waals surface area (Å²) in [5.41, 5.74) is 3.27. The van der Waals surface area contributed by atoms with E-state index in [-0.39, 0.29) is 5.41 Å². The lowest BCUT2D eigenvalue weighted by Crippen LogP contribution is -2.10. The van der Waals surface area contributed by atoms with Gasteiger partial charge in [-0.1, -0.05) is 57.2 Å². The second-order valence-corrected chi connectivity index (χ2v) is 7.07. The Morgan fingerprint density at radius 3 is 2.33 bits per heavy atom. The number of nitrogens with zero attached hydrogens (tertiary/aromatic N) is 2. The van der Waals surface area contributed by atoms with Crippen molar-refractivity contribution in [2.75, 3.05) is 7.11 Å². The summed E-state index contributed by atoms with van der Waals surface area (Å²) < 4.78 is 7.91. The Bertz CT molecular complexity index is 901. The fourth-order valence-corrected chi connectivity index (χ4v) is 2.88. The topological polar surface area (TPSA) is 42.8 Å². The molecule has 0 aliphatic carbocycles. The summed E-state index contributed by atoms with van der Waals surface area (Å²) in [7, 11) is 1.65. The molecule has 0 unspecified atom stereocenters. The van der Waals surface area contributed by atoms with E-state index in [0.29, 0.717) is 4.77 Å². The van der Waals surface area contributed by atoms with E-state index < -0.39 is 0 Å². The maximum atomic E-state index is 5.47. The molecule has 5 heteroatoms. The summed E-state index contributed by atoms with van der Waals surface area (Å²) in [5, 5.41) is 7.31. The average Bonchev–Trinajstić information content (AvgIpc) is 2.95. The summed E-state index contributed by atoms with van der Waals surface area (Å²) in [6.07, 6.45) is 0. The van der Waals surface area contributed by atoms with Gasteiger partial charge >= 0.3 is 0 Å². The SMILES string of the molecule is COc1ccccc1-n1c(-c2ccc(C(C)(C)C)cc2)n[nH]c1=S. The van der Waals surface area contributed by atoms with Crippen LogP contribution in [-0.4, -0.2) is 21.9 Å². The third kappa shape index (κ3) is 2.99. The largest absolute Gasteiger partial charge is 0.495 e. The van der Waals surface area contributed by atoms with E-state index in [1.54, 1.807) is 7.11 Å². The number of hydrogen-bond donors (Lipinski definition) is 1. The lowest BCUT2D eigenvalue weighted by Gasteiger charge is -2.19. The molecule has 0 bridgehead atoms. The fourth-order valence-electron chi connectivity index (χ4n) is 2.65.